The number of aromatic nitrogens is 1. The number of ether oxygens (including phenoxy) is 1. The van der Waals surface area contributed by atoms with E-state index in [0.29, 0.717) is 21.8 Å². The van der Waals surface area contributed by atoms with Gasteiger partial charge in [-0.1, -0.05) is 27.3 Å². The molecule has 0 saturated carbocycles. The summed E-state index contributed by atoms with van der Waals surface area (Å²) in [5.41, 5.74) is 1.22. The SMILES string of the molecule is CCOC(=O)c1sc(=NC(=O)c2ccc(Br)cc2)n(C)c1C. The molecule has 2 aromatic rings. The predicted molar refractivity (Wildman–Crippen MR) is 88.0 cm³/mol. The van der Waals surface area contributed by atoms with Crippen molar-refractivity contribution < 1.29 is 14.3 Å². The van der Waals surface area contributed by atoms with Crippen molar-refractivity contribution in [2.75, 3.05) is 6.61 Å². The Morgan fingerprint density at radius 2 is 1.95 bits per heavy atom. The van der Waals surface area contributed by atoms with Gasteiger partial charge in [0.05, 0.1) is 6.61 Å². The maximum Gasteiger partial charge on any atom is 0.350 e. The third kappa shape index (κ3) is 3.53. The quantitative estimate of drug-likeness (QED) is 0.766. The van der Waals surface area contributed by atoms with E-state index in [0.717, 1.165) is 21.5 Å². The van der Waals surface area contributed by atoms with Gasteiger partial charge in [0.15, 0.2) is 4.80 Å². The van der Waals surface area contributed by atoms with Gasteiger partial charge in [-0.05, 0) is 38.1 Å². The second-order valence-electron chi connectivity index (χ2n) is 4.50. The molecule has 1 aromatic carbocycles. The van der Waals surface area contributed by atoms with Gasteiger partial charge >= 0.3 is 5.97 Å². The molecule has 0 radical (unpaired) electrons. The number of amides is 1. The molecule has 1 amide bonds. The van der Waals surface area contributed by atoms with Gasteiger partial charge < -0.3 is 9.30 Å². The number of thiazole rings is 1. The van der Waals surface area contributed by atoms with Crippen molar-refractivity contribution in [3.8, 4) is 0 Å². The van der Waals surface area contributed by atoms with Crippen LogP contribution < -0.4 is 4.80 Å². The third-order valence-corrected chi connectivity index (χ3v) is 4.80. The standard InChI is InChI=1S/C15H15BrN2O3S/c1-4-21-14(20)12-9(2)18(3)15(22-12)17-13(19)10-5-7-11(16)8-6-10/h5-8H,4H2,1-3H3. The first-order valence-electron chi connectivity index (χ1n) is 6.62. The van der Waals surface area contributed by atoms with Crippen LogP contribution in [0.4, 0.5) is 0 Å². The molecule has 7 heteroatoms. The minimum Gasteiger partial charge on any atom is -0.462 e. The van der Waals surface area contributed by atoms with E-state index >= 15 is 0 Å². The molecule has 0 bridgehead atoms. The van der Waals surface area contributed by atoms with Crippen molar-refractivity contribution in [1.82, 2.24) is 4.57 Å². The van der Waals surface area contributed by atoms with Crippen molar-refractivity contribution >= 4 is 39.1 Å². The van der Waals surface area contributed by atoms with E-state index in [1.165, 1.54) is 0 Å². The van der Waals surface area contributed by atoms with Gasteiger partial charge in [0.25, 0.3) is 5.91 Å². The zero-order chi connectivity index (χ0) is 16.3. The number of benzene rings is 1. The van der Waals surface area contributed by atoms with Crippen molar-refractivity contribution in [3.63, 3.8) is 0 Å². The Kier molecular flexibility index (Phi) is 5.31. The average molecular weight is 383 g/mol. The van der Waals surface area contributed by atoms with Crippen LogP contribution in [0.3, 0.4) is 0 Å². The molecule has 0 spiro atoms. The van der Waals surface area contributed by atoms with Crippen LogP contribution in [0.5, 0.6) is 0 Å². The number of halogens is 1. The Morgan fingerprint density at radius 3 is 2.55 bits per heavy atom. The van der Waals surface area contributed by atoms with Crippen LogP contribution in [0.1, 0.15) is 32.6 Å². The summed E-state index contributed by atoms with van der Waals surface area (Å²) < 4.78 is 7.62. The van der Waals surface area contributed by atoms with Crippen LogP contribution >= 0.6 is 27.3 Å². The summed E-state index contributed by atoms with van der Waals surface area (Å²) in [5, 5.41) is 0. The monoisotopic (exact) mass is 382 g/mol. The molecule has 22 heavy (non-hydrogen) atoms. The maximum atomic E-state index is 12.2. The topological polar surface area (TPSA) is 60.7 Å². The smallest absolute Gasteiger partial charge is 0.350 e. The van der Waals surface area contributed by atoms with Crippen molar-refractivity contribution in [2.24, 2.45) is 12.0 Å². The molecule has 1 aromatic heterocycles. The number of carbonyl (C=O) groups is 2. The fraction of sp³-hybridized carbons (Fsp3) is 0.267. The van der Waals surface area contributed by atoms with E-state index < -0.39 is 5.97 Å². The molecule has 0 unspecified atom stereocenters. The number of esters is 1. The van der Waals surface area contributed by atoms with E-state index in [-0.39, 0.29) is 5.91 Å². The first-order valence-corrected chi connectivity index (χ1v) is 8.23. The lowest BCUT2D eigenvalue weighted by molar-refractivity contribution is 0.0530. The Balaban J connectivity index is 2.40. The lowest BCUT2D eigenvalue weighted by Gasteiger charge is -2.00. The number of rotatable bonds is 3. The zero-order valence-corrected chi connectivity index (χ0v) is 14.8. The van der Waals surface area contributed by atoms with Gasteiger partial charge in [-0.15, -0.1) is 0 Å². The highest BCUT2D eigenvalue weighted by Crippen LogP contribution is 2.14. The molecule has 0 atom stereocenters. The average Bonchev–Trinajstić information content (AvgIpc) is 2.76. The van der Waals surface area contributed by atoms with Crippen molar-refractivity contribution in [1.29, 1.82) is 0 Å². The Morgan fingerprint density at radius 1 is 1.32 bits per heavy atom. The van der Waals surface area contributed by atoms with E-state index in [4.69, 9.17) is 4.74 Å². The summed E-state index contributed by atoms with van der Waals surface area (Å²) in [6.07, 6.45) is 0. The molecule has 0 N–H and O–H groups in total. The van der Waals surface area contributed by atoms with E-state index in [1.807, 2.05) is 0 Å². The van der Waals surface area contributed by atoms with Crippen molar-refractivity contribution in [2.45, 2.75) is 13.8 Å². The fourth-order valence-electron chi connectivity index (χ4n) is 1.76. The summed E-state index contributed by atoms with van der Waals surface area (Å²) in [4.78, 5) is 29.1. The van der Waals surface area contributed by atoms with Gasteiger partial charge in [0.2, 0.25) is 0 Å². The highest BCUT2D eigenvalue weighted by atomic mass is 79.9. The first kappa shape index (κ1) is 16.6. The third-order valence-electron chi connectivity index (χ3n) is 3.06. The van der Waals surface area contributed by atoms with Crippen LogP contribution in [0.25, 0.3) is 0 Å². The number of hydrogen-bond acceptors (Lipinski definition) is 4. The van der Waals surface area contributed by atoms with E-state index in [1.54, 1.807) is 49.7 Å². The van der Waals surface area contributed by atoms with Gasteiger partial charge in [-0.25, -0.2) is 4.79 Å². The largest absolute Gasteiger partial charge is 0.462 e. The van der Waals surface area contributed by atoms with Crippen LogP contribution in [0.15, 0.2) is 33.7 Å². The Hall–Kier alpha value is -1.73. The minimum absolute atomic E-state index is 0.310. The molecular formula is C15H15BrN2O3S. The normalized spacial score (nSPS) is 11.5. The van der Waals surface area contributed by atoms with Gasteiger partial charge in [0.1, 0.15) is 4.88 Å². The second kappa shape index (κ2) is 7.02. The molecule has 116 valence electrons. The summed E-state index contributed by atoms with van der Waals surface area (Å²) >= 11 is 4.47. The minimum atomic E-state index is -0.391. The van der Waals surface area contributed by atoms with Gasteiger partial charge in [0, 0.05) is 22.8 Å². The van der Waals surface area contributed by atoms with Gasteiger partial charge in [-0.3, -0.25) is 4.79 Å². The summed E-state index contributed by atoms with van der Waals surface area (Å²) in [6.45, 7) is 3.86. The lowest BCUT2D eigenvalue weighted by Crippen LogP contribution is -2.14. The first-order chi connectivity index (χ1) is 10.4. The molecule has 0 saturated heterocycles. The van der Waals surface area contributed by atoms with Crippen LogP contribution in [-0.2, 0) is 11.8 Å². The molecule has 0 aliphatic carbocycles. The van der Waals surface area contributed by atoms with E-state index in [2.05, 4.69) is 20.9 Å². The summed E-state index contributed by atoms with van der Waals surface area (Å²) in [7, 11) is 1.77. The fourth-order valence-corrected chi connectivity index (χ4v) is 3.03. The highest BCUT2D eigenvalue weighted by molar-refractivity contribution is 9.10. The van der Waals surface area contributed by atoms with Crippen LogP contribution in [-0.4, -0.2) is 23.1 Å². The van der Waals surface area contributed by atoms with Crippen molar-refractivity contribution in [3.05, 3.63) is 49.7 Å². The predicted octanol–water partition coefficient (Wildman–Crippen LogP) is 3.08. The zero-order valence-electron chi connectivity index (χ0n) is 12.4. The second-order valence-corrected chi connectivity index (χ2v) is 6.40. The lowest BCUT2D eigenvalue weighted by atomic mass is 10.2. The van der Waals surface area contributed by atoms with E-state index in [9.17, 15) is 9.59 Å². The Bertz CT molecular complexity index is 775. The highest BCUT2D eigenvalue weighted by Gasteiger charge is 2.16. The molecule has 1 heterocycles. The van der Waals surface area contributed by atoms with Crippen LogP contribution in [0, 0.1) is 6.92 Å². The molecule has 2 rings (SSSR count). The van der Waals surface area contributed by atoms with Gasteiger partial charge in [-0.2, -0.15) is 4.99 Å². The summed E-state index contributed by atoms with van der Waals surface area (Å²) in [5.74, 6) is -0.738. The number of nitrogens with zero attached hydrogens (tertiary/aromatic N) is 2. The molecule has 5 nitrogen and oxygen atoms in total. The number of hydrogen-bond donors (Lipinski definition) is 0. The number of carbonyl (C=O) groups excluding carboxylic acids is 2. The maximum absolute atomic E-state index is 12.2. The summed E-state index contributed by atoms with van der Waals surface area (Å²) in [6, 6.07) is 6.96. The molecule has 0 fully saturated rings. The molecule has 0 aliphatic rings. The molecule has 0 aliphatic heterocycles. The van der Waals surface area contributed by atoms with Crippen LogP contribution in [0.2, 0.25) is 0 Å². The Labute approximate surface area is 140 Å². The molecular weight excluding hydrogens is 368 g/mol.